The summed E-state index contributed by atoms with van der Waals surface area (Å²) < 4.78 is 6.28. The number of aliphatic hydroxyl groups is 2. The number of rotatable bonds is 2. The van der Waals surface area contributed by atoms with Gasteiger partial charge in [-0.05, 0) is 13.8 Å². The molecule has 0 aromatic carbocycles. The lowest BCUT2D eigenvalue weighted by molar-refractivity contribution is 0.0438. The molecule has 0 saturated carbocycles. The van der Waals surface area contributed by atoms with Crippen molar-refractivity contribution in [3.8, 4) is 0 Å². The van der Waals surface area contributed by atoms with E-state index in [9.17, 15) is 0 Å². The van der Waals surface area contributed by atoms with E-state index in [0.717, 1.165) is 0 Å². The summed E-state index contributed by atoms with van der Waals surface area (Å²) in [6, 6.07) is 0. The molecule has 2 nitrogen and oxygen atoms in total. The molecular formula is C4H10O2. The Kier molecular flexibility index (Phi) is 1.47. The summed E-state index contributed by atoms with van der Waals surface area (Å²) in [4.78, 5) is 0. The van der Waals surface area contributed by atoms with Crippen molar-refractivity contribution in [1.29, 1.82) is 1.43 Å². The third-order valence-electron chi connectivity index (χ3n) is 0.679. The first-order valence-corrected chi connectivity index (χ1v) is 1.98. The fraction of sp³-hybridized carbons (Fsp3) is 1.00. The second kappa shape index (κ2) is 2.16. The molecule has 0 fully saturated rings. The minimum atomic E-state index is -0.544. The second-order valence-electron chi connectivity index (χ2n) is 1.45. The molecule has 0 radical (unpaired) electrons. The lowest BCUT2D eigenvalue weighted by atomic mass is 10.3. The van der Waals surface area contributed by atoms with Crippen LogP contribution in [0.25, 0.3) is 0 Å². The van der Waals surface area contributed by atoms with Crippen LogP contribution in [-0.4, -0.2) is 23.9 Å². The maximum absolute atomic E-state index is 8.58. The summed E-state index contributed by atoms with van der Waals surface area (Å²) in [5.41, 5.74) is 0. The highest BCUT2D eigenvalue weighted by atomic mass is 16.3. The van der Waals surface area contributed by atoms with Crippen LogP contribution in [-0.2, 0) is 0 Å². The average molecular weight is 91.1 g/mol. The molecule has 2 heteroatoms. The van der Waals surface area contributed by atoms with Crippen molar-refractivity contribution in [2.24, 2.45) is 0 Å². The quantitative estimate of drug-likeness (QED) is 0.492. The summed E-state index contributed by atoms with van der Waals surface area (Å²) in [7, 11) is 0. The van der Waals surface area contributed by atoms with Gasteiger partial charge in [-0.3, -0.25) is 0 Å². The van der Waals surface area contributed by atoms with Crippen LogP contribution < -0.4 is 0 Å². The van der Waals surface area contributed by atoms with Crippen LogP contribution >= 0.6 is 0 Å². The van der Waals surface area contributed by atoms with E-state index < -0.39 is 6.10 Å². The van der Waals surface area contributed by atoms with Gasteiger partial charge in [0.15, 0.2) is 0 Å². The fourth-order valence-electron chi connectivity index (χ4n) is 0. The van der Waals surface area contributed by atoms with E-state index in [1.54, 1.807) is 13.8 Å². The van der Waals surface area contributed by atoms with E-state index in [-0.39, 0.29) is 6.10 Å². The van der Waals surface area contributed by atoms with Crippen LogP contribution in [0.1, 0.15) is 13.8 Å². The van der Waals surface area contributed by atoms with Gasteiger partial charge >= 0.3 is 0 Å². The lowest BCUT2D eigenvalue weighted by Gasteiger charge is -2.03. The molecule has 0 amide bonds. The Bertz CT molecular complexity index is 47.0. The Morgan fingerprint density at radius 1 is 1.50 bits per heavy atom. The Labute approximate surface area is 38.9 Å². The van der Waals surface area contributed by atoms with Gasteiger partial charge in [0.1, 0.15) is 0 Å². The Hall–Kier alpha value is -0.0800. The molecule has 0 aliphatic heterocycles. The zero-order chi connectivity index (χ0) is 5.86. The molecule has 2 N–H and O–H groups in total. The minimum Gasteiger partial charge on any atom is -0.391 e. The minimum absolute atomic E-state index is 0.375. The molecular weight excluding hydrogens is 80.0 g/mol. The molecule has 0 aliphatic rings. The van der Waals surface area contributed by atoms with E-state index in [1.165, 1.54) is 0 Å². The molecule has 0 aromatic rings. The van der Waals surface area contributed by atoms with Crippen LogP contribution in [0, 0.1) is 0 Å². The SMILES string of the molecule is [2H]OC(C)C(C)O. The summed E-state index contributed by atoms with van der Waals surface area (Å²) in [5, 5.41) is 12.6. The molecule has 0 aromatic heterocycles. The molecule has 0 spiro atoms. The predicted octanol–water partition coefficient (Wildman–Crippen LogP) is -0.252. The summed E-state index contributed by atoms with van der Waals surface area (Å²) in [6.07, 6.45) is -0.919. The second-order valence-corrected chi connectivity index (χ2v) is 1.45. The summed E-state index contributed by atoms with van der Waals surface area (Å²) in [6.45, 7) is 3.22. The summed E-state index contributed by atoms with van der Waals surface area (Å²) >= 11 is 0. The van der Waals surface area contributed by atoms with Crippen molar-refractivity contribution in [3.63, 3.8) is 0 Å². The Morgan fingerprint density at radius 2 is 2.00 bits per heavy atom. The maximum atomic E-state index is 8.58. The van der Waals surface area contributed by atoms with Crippen molar-refractivity contribution in [2.45, 2.75) is 26.1 Å². The highest BCUT2D eigenvalue weighted by Gasteiger charge is 1.99. The molecule has 2 unspecified atom stereocenters. The molecule has 6 heavy (non-hydrogen) atoms. The standard InChI is InChI=1S/C4H10O2/c1-3(5)4(2)6/h3-6H,1-2H3/i5D. The lowest BCUT2D eigenvalue weighted by Crippen LogP contribution is -2.17. The van der Waals surface area contributed by atoms with Gasteiger partial charge in [-0.2, -0.15) is 0 Å². The normalized spacial score (nSPS) is 22.2. The third kappa shape index (κ3) is 2.18. The Balaban J connectivity index is 3.14. The molecule has 0 rings (SSSR count). The first kappa shape index (κ1) is 4.09. The van der Waals surface area contributed by atoms with E-state index in [1.807, 2.05) is 0 Å². The number of hydrogen-bond acceptors (Lipinski definition) is 2. The van der Waals surface area contributed by atoms with Crippen molar-refractivity contribution in [3.05, 3.63) is 0 Å². The Morgan fingerprint density at radius 3 is 2.00 bits per heavy atom. The van der Waals surface area contributed by atoms with Gasteiger partial charge in [0.25, 0.3) is 0 Å². The fourth-order valence-corrected chi connectivity index (χ4v) is 0. The van der Waals surface area contributed by atoms with Gasteiger partial charge < -0.3 is 10.2 Å². The van der Waals surface area contributed by atoms with Gasteiger partial charge in [-0.25, -0.2) is 0 Å². The largest absolute Gasteiger partial charge is 0.391 e. The summed E-state index contributed by atoms with van der Waals surface area (Å²) in [5.74, 6) is 0. The number of hydrogen-bond donors (Lipinski definition) is 2. The highest BCUT2D eigenvalue weighted by molar-refractivity contribution is 4.50. The molecule has 0 heterocycles. The van der Waals surface area contributed by atoms with Crippen molar-refractivity contribution in [1.82, 2.24) is 0 Å². The van der Waals surface area contributed by atoms with E-state index >= 15 is 0 Å². The van der Waals surface area contributed by atoms with E-state index in [2.05, 4.69) is 5.11 Å². The molecule has 0 saturated heterocycles. The number of aliphatic hydroxyl groups excluding tert-OH is 2. The first-order valence-electron chi connectivity index (χ1n) is 2.39. The molecule has 0 aliphatic carbocycles. The first-order chi connectivity index (χ1) is 3.18. The van der Waals surface area contributed by atoms with Crippen molar-refractivity contribution < 1.29 is 10.2 Å². The van der Waals surface area contributed by atoms with Gasteiger partial charge in [0.05, 0.1) is 12.2 Å². The molecule has 38 valence electrons. The van der Waals surface area contributed by atoms with Gasteiger partial charge in [-0.1, -0.05) is 0 Å². The monoisotopic (exact) mass is 91.1 g/mol. The van der Waals surface area contributed by atoms with Crippen LogP contribution in [0.3, 0.4) is 0 Å². The maximum Gasteiger partial charge on any atom is 0.211 e. The zero-order valence-electron chi connectivity index (χ0n) is 5.01. The van der Waals surface area contributed by atoms with Crippen LogP contribution in [0.2, 0.25) is 0 Å². The third-order valence-corrected chi connectivity index (χ3v) is 0.679. The average Bonchev–Trinajstić information content (AvgIpc) is 1.65. The zero-order valence-corrected chi connectivity index (χ0v) is 4.01. The highest BCUT2D eigenvalue weighted by Crippen LogP contribution is 1.85. The van der Waals surface area contributed by atoms with Crippen LogP contribution in [0.4, 0.5) is 0 Å². The topological polar surface area (TPSA) is 40.5 Å². The van der Waals surface area contributed by atoms with Gasteiger partial charge in [0.2, 0.25) is 1.43 Å². The molecule has 0 bridgehead atoms. The smallest absolute Gasteiger partial charge is 0.211 e. The van der Waals surface area contributed by atoms with Crippen LogP contribution in [0.15, 0.2) is 0 Å². The van der Waals surface area contributed by atoms with E-state index in [4.69, 9.17) is 6.54 Å². The van der Waals surface area contributed by atoms with Crippen LogP contribution in [0.5, 0.6) is 0 Å². The van der Waals surface area contributed by atoms with Gasteiger partial charge in [0, 0.05) is 0 Å². The van der Waals surface area contributed by atoms with E-state index in [0.29, 0.717) is 0 Å². The van der Waals surface area contributed by atoms with Crippen molar-refractivity contribution >= 4 is 0 Å². The van der Waals surface area contributed by atoms with Gasteiger partial charge in [-0.15, -0.1) is 0 Å². The van der Waals surface area contributed by atoms with Crippen molar-refractivity contribution in [2.75, 3.05) is 0 Å². The predicted molar refractivity (Wildman–Crippen MR) is 23.4 cm³/mol. The molecule has 2 atom stereocenters.